The van der Waals surface area contributed by atoms with Crippen molar-refractivity contribution in [3.63, 3.8) is 0 Å². The summed E-state index contributed by atoms with van der Waals surface area (Å²) < 4.78 is 0. The molecule has 0 aromatic carbocycles. The molecule has 1 saturated carbocycles. The molecule has 0 spiro atoms. The van der Waals surface area contributed by atoms with Crippen molar-refractivity contribution < 1.29 is 9.90 Å². The maximum Gasteiger partial charge on any atom is 0.304 e. The highest BCUT2D eigenvalue weighted by molar-refractivity contribution is 5.68. The molecule has 0 radical (unpaired) electrons. The number of rotatable bonds is 3. The van der Waals surface area contributed by atoms with Gasteiger partial charge < -0.3 is 5.11 Å². The van der Waals surface area contributed by atoms with E-state index in [1.165, 1.54) is 0 Å². The van der Waals surface area contributed by atoms with Gasteiger partial charge in [-0.3, -0.25) is 4.79 Å². The zero-order valence-electron chi connectivity index (χ0n) is 7.55. The third kappa shape index (κ3) is 1.87. The lowest BCUT2D eigenvalue weighted by Crippen LogP contribution is -2.18. The molecule has 1 aliphatic rings. The molecule has 1 rings (SSSR count). The molecule has 0 heterocycles. The van der Waals surface area contributed by atoms with Crippen LogP contribution in [0.3, 0.4) is 0 Å². The quantitative estimate of drug-likeness (QED) is 0.657. The molecule has 2 atom stereocenters. The number of aliphatic carboxylic acids is 1. The van der Waals surface area contributed by atoms with E-state index in [4.69, 9.17) is 5.11 Å². The average Bonchev–Trinajstić information content (AvgIpc) is 2.32. The Hall–Kier alpha value is -0.790. The highest BCUT2D eigenvalue weighted by Gasteiger charge is 2.36. The first kappa shape index (κ1) is 9.30. The summed E-state index contributed by atoms with van der Waals surface area (Å²) in [5.74, 6) is -0.0497. The molecule has 68 valence electrons. The van der Waals surface area contributed by atoms with Crippen molar-refractivity contribution in [2.24, 2.45) is 11.3 Å². The Morgan fingerprint density at radius 2 is 2.50 bits per heavy atom. The Balaban J connectivity index is 2.64. The molecule has 0 saturated heterocycles. The lowest BCUT2D eigenvalue weighted by molar-refractivity contribution is -0.139. The van der Waals surface area contributed by atoms with Crippen LogP contribution >= 0.6 is 0 Å². The molecule has 0 aliphatic heterocycles. The number of hydrogen-bond donors (Lipinski definition) is 1. The van der Waals surface area contributed by atoms with Crippen molar-refractivity contribution in [2.75, 3.05) is 0 Å². The van der Waals surface area contributed by atoms with Crippen molar-refractivity contribution in [2.45, 2.75) is 32.6 Å². The Morgan fingerprint density at radius 3 is 2.83 bits per heavy atom. The number of carboxylic acid groups (broad SMARTS) is 1. The molecule has 1 fully saturated rings. The summed E-state index contributed by atoms with van der Waals surface area (Å²) in [6.45, 7) is 5.91. The van der Waals surface area contributed by atoms with Crippen LogP contribution < -0.4 is 0 Å². The van der Waals surface area contributed by atoms with E-state index in [1.807, 2.05) is 6.08 Å². The zero-order chi connectivity index (χ0) is 9.19. The van der Waals surface area contributed by atoms with E-state index in [2.05, 4.69) is 13.5 Å². The van der Waals surface area contributed by atoms with Gasteiger partial charge in [0, 0.05) is 0 Å². The van der Waals surface area contributed by atoms with Crippen LogP contribution in [0.2, 0.25) is 0 Å². The molecular formula is C10H16O2. The van der Waals surface area contributed by atoms with Crippen LogP contribution in [0.25, 0.3) is 0 Å². The summed E-state index contributed by atoms with van der Waals surface area (Å²) in [7, 11) is 0. The standard InChI is InChI=1S/C10H16O2/c1-3-10(7-9(11)12)5-4-8(2)6-10/h3,8H,1,4-7H2,2H3,(H,11,12). The number of carbonyl (C=O) groups is 1. The Bertz CT molecular complexity index is 198. The highest BCUT2D eigenvalue weighted by atomic mass is 16.4. The SMILES string of the molecule is C=CC1(CC(=O)O)CCC(C)C1. The molecule has 12 heavy (non-hydrogen) atoms. The summed E-state index contributed by atoms with van der Waals surface area (Å²) in [6.07, 6.45) is 5.21. The normalized spacial score (nSPS) is 34.9. The smallest absolute Gasteiger partial charge is 0.304 e. The largest absolute Gasteiger partial charge is 0.481 e. The first-order valence-electron chi connectivity index (χ1n) is 4.43. The fraction of sp³-hybridized carbons (Fsp3) is 0.700. The summed E-state index contributed by atoms with van der Waals surface area (Å²) in [5, 5.41) is 8.71. The average molecular weight is 168 g/mol. The zero-order valence-corrected chi connectivity index (χ0v) is 7.55. The molecule has 1 aliphatic carbocycles. The molecule has 0 amide bonds. The van der Waals surface area contributed by atoms with Crippen LogP contribution in [0.4, 0.5) is 0 Å². The summed E-state index contributed by atoms with van der Waals surface area (Å²) >= 11 is 0. The van der Waals surface area contributed by atoms with Gasteiger partial charge in [-0.15, -0.1) is 6.58 Å². The minimum absolute atomic E-state index is 0.106. The van der Waals surface area contributed by atoms with E-state index in [0.29, 0.717) is 5.92 Å². The maximum absolute atomic E-state index is 10.6. The first-order valence-corrected chi connectivity index (χ1v) is 4.43. The Kier molecular flexibility index (Phi) is 2.55. The Labute approximate surface area is 73.3 Å². The van der Waals surface area contributed by atoms with Gasteiger partial charge in [0.05, 0.1) is 6.42 Å². The lowest BCUT2D eigenvalue weighted by Gasteiger charge is -2.22. The summed E-state index contributed by atoms with van der Waals surface area (Å²) in [4.78, 5) is 10.6. The third-order valence-corrected chi connectivity index (χ3v) is 2.83. The van der Waals surface area contributed by atoms with Gasteiger partial charge in [0.1, 0.15) is 0 Å². The summed E-state index contributed by atoms with van der Waals surface area (Å²) in [5.41, 5.74) is -0.106. The van der Waals surface area contributed by atoms with E-state index >= 15 is 0 Å². The van der Waals surface area contributed by atoms with Crippen molar-refractivity contribution >= 4 is 5.97 Å². The summed E-state index contributed by atoms with van der Waals surface area (Å²) in [6, 6.07) is 0. The minimum atomic E-state index is -0.705. The molecule has 0 aromatic rings. The molecule has 0 aromatic heterocycles. The third-order valence-electron chi connectivity index (χ3n) is 2.83. The second-order valence-electron chi connectivity index (χ2n) is 3.98. The van der Waals surface area contributed by atoms with E-state index < -0.39 is 5.97 Å². The van der Waals surface area contributed by atoms with Gasteiger partial charge in [-0.25, -0.2) is 0 Å². The monoisotopic (exact) mass is 168 g/mol. The fourth-order valence-corrected chi connectivity index (χ4v) is 2.15. The van der Waals surface area contributed by atoms with E-state index in [1.54, 1.807) is 0 Å². The van der Waals surface area contributed by atoms with Gasteiger partial charge in [0.25, 0.3) is 0 Å². The van der Waals surface area contributed by atoms with Crippen LogP contribution in [0.15, 0.2) is 12.7 Å². The topological polar surface area (TPSA) is 37.3 Å². The van der Waals surface area contributed by atoms with Crippen molar-refractivity contribution in [1.29, 1.82) is 0 Å². The number of allylic oxidation sites excluding steroid dienone is 1. The van der Waals surface area contributed by atoms with Gasteiger partial charge in [-0.2, -0.15) is 0 Å². The van der Waals surface area contributed by atoms with Crippen LogP contribution in [0, 0.1) is 11.3 Å². The van der Waals surface area contributed by atoms with Gasteiger partial charge in [0.2, 0.25) is 0 Å². The van der Waals surface area contributed by atoms with Crippen molar-refractivity contribution in [1.82, 2.24) is 0 Å². The van der Waals surface area contributed by atoms with Gasteiger partial charge in [-0.05, 0) is 30.6 Å². The second kappa shape index (κ2) is 3.30. The van der Waals surface area contributed by atoms with E-state index in [-0.39, 0.29) is 11.8 Å². The second-order valence-corrected chi connectivity index (χ2v) is 3.98. The molecule has 2 heteroatoms. The predicted molar refractivity (Wildman–Crippen MR) is 47.9 cm³/mol. The van der Waals surface area contributed by atoms with E-state index in [0.717, 1.165) is 19.3 Å². The molecular weight excluding hydrogens is 152 g/mol. The maximum atomic E-state index is 10.6. The first-order chi connectivity index (χ1) is 5.58. The van der Waals surface area contributed by atoms with Crippen LogP contribution in [-0.2, 0) is 4.79 Å². The van der Waals surface area contributed by atoms with Crippen molar-refractivity contribution in [3.05, 3.63) is 12.7 Å². The molecule has 0 bridgehead atoms. The minimum Gasteiger partial charge on any atom is -0.481 e. The molecule has 2 unspecified atom stereocenters. The van der Waals surface area contributed by atoms with Gasteiger partial charge in [0.15, 0.2) is 0 Å². The Morgan fingerprint density at radius 1 is 1.83 bits per heavy atom. The predicted octanol–water partition coefficient (Wildman–Crippen LogP) is 2.45. The van der Waals surface area contributed by atoms with Gasteiger partial charge in [-0.1, -0.05) is 13.0 Å². The van der Waals surface area contributed by atoms with Crippen molar-refractivity contribution in [3.8, 4) is 0 Å². The number of hydrogen-bond acceptors (Lipinski definition) is 1. The van der Waals surface area contributed by atoms with Crippen LogP contribution in [0.1, 0.15) is 32.6 Å². The molecule has 2 nitrogen and oxygen atoms in total. The van der Waals surface area contributed by atoms with Gasteiger partial charge >= 0.3 is 5.97 Å². The fourth-order valence-electron chi connectivity index (χ4n) is 2.15. The lowest BCUT2D eigenvalue weighted by atomic mass is 9.82. The molecule has 1 N–H and O–H groups in total. The van der Waals surface area contributed by atoms with E-state index in [9.17, 15) is 4.79 Å². The van der Waals surface area contributed by atoms with Crippen LogP contribution in [-0.4, -0.2) is 11.1 Å². The highest BCUT2D eigenvalue weighted by Crippen LogP contribution is 2.44. The number of carboxylic acids is 1. The van der Waals surface area contributed by atoms with Crippen LogP contribution in [0.5, 0.6) is 0 Å².